The molecule has 3 rings (SSSR count). The number of anilines is 1. The molecule has 0 spiro atoms. The minimum absolute atomic E-state index is 0.0683. The molecule has 1 aromatic carbocycles. The maximum atomic E-state index is 13.8. The Labute approximate surface area is 171 Å². The van der Waals surface area contributed by atoms with E-state index in [0.717, 1.165) is 12.3 Å². The predicted octanol–water partition coefficient (Wildman–Crippen LogP) is 4.77. The Morgan fingerprint density at radius 3 is 2.52 bits per heavy atom. The van der Waals surface area contributed by atoms with Gasteiger partial charge in [0.05, 0.1) is 10.6 Å². The molecule has 9 heteroatoms. The topological polar surface area (TPSA) is 36.4 Å². The second-order valence-electron chi connectivity index (χ2n) is 7.07. The first-order chi connectivity index (χ1) is 13.7. The van der Waals surface area contributed by atoms with Gasteiger partial charge in [0.2, 0.25) is 5.91 Å². The first-order valence-electron chi connectivity index (χ1n) is 9.13. The molecule has 0 bridgehead atoms. The highest BCUT2D eigenvalue weighted by molar-refractivity contribution is 6.33. The van der Waals surface area contributed by atoms with Crippen molar-refractivity contribution in [1.29, 1.82) is 0 Å². The lowest BCUT2D eigenvalue weighted by Crippen LogP contribution is -2.41. The predicted molar refractivity (Wildman–Crippen MR) is 102 cm³/mol. The highest BCUT2D eigenvalue weighted by Gasteiger charge is 2.33. The van der Waals surface area contributed by atoms with Gasteiger partial charge in [-0.1, -0.05) is 29.8 Å². The lowest BCUT2D eigenvalue weighted by atomic mass is 9.95. The second kappa shape index (κ2) is 8.57. The van der Waals surface area contributed by atoms with Crippen LogP contribution in [0, 0.1) is 11.7 Å². The summed E-state index contributed by atoms with van der Waals surface area (Å²) in [5.41, 5.74) is -0.451. The Balaban J connectivity index is 1.60. The van der Waals surface area contributed by atoms with Crippen molar-refractivity contribution in [2.24, 2.45) is 5.92 Å². The first-order valence-corrected chi connectivity index (χ1v) is 9.50. The molecule has 29 heavy (non-hydrogen) atoms. The van der Waals surface area contributed by atoms with Crippen molar-refractivity contribution in [3.63, 3.8) is 0 Å². The van der Waals surface area contributed by atoms with Crippen molar-refractivity contribution in [3.8, 4) is 0 Å². The van der Waals surface area contributed by atoms with E-state index in [1.54, 1.807) is 30.1 Å². The third-order valence-corrected chi connectivity index (χ3v) is 5.31. The van der Waals surface area contributed by atoms with Crippen LogP contribution in [0.1, 0.15) is 24.0 Å². The van der Waals surface area contributed by atoms with E-state index in [0.29, 0.717) is 31.5 Å². The number of hydrogen-bond acceptors (Lipinski definition) is 3. The van der Waals surface area contributed by atoms with Crippen molar-refractivity contribution < 1.29 is 22.4 Å². The molecule has 0 N–H and O–H groups in total. The molecule has 4 nitrogen and oxygen atoms in total. The summed E-state index contributed by atoms with van der Waals surface area (Å²) in [5.74, 6) is -0.397. The maximum absolute atomic E-state index is 13.8. The van der Waals surface area contributed by atoms with Gasteiger partial charge in [0, 0.05) is 44.4 Å². The van der Waals surface area contributed by atoms with E-state index in [4.69, 9.17) is 11.6 Å². The summed E-state index contributed by atoms with van der Waals surface area (Å²) in [6, 6.07) is 7.17. The number of piperidine rings is 1. The molecule has 1 aliphatic heterocycles. The highest BCUT2D eigenvalue weighted by atomic mass is 35.5. The molecule has 0 unspecified atom stereocenters. The molecule has 0 aliphatic carbocycles. The number of benzene rings is 1. The number of hydrogen-bond donors (Lipinski definition) is 0. The van der Waals surface area contributed by atoms with Gasteiger partial charge < -0.3 is 9.80 Å². The van der Waals surface area contributed by atoms with Gasteiger partial charge in [0.25, 0.3) is 0 Å². The molecule has 1 amide bonds. The summed E-state index contributed by atoms with van der Waals surface area (Å²) in [7, 11) is 1.63. The fourth-order valence-corrected chi connectivity index (χ4v) is 3.71. The SMILES string of the molecule is CN(Cc1ccccc1F)C(=O)C1CCN(c2ncc(C(F)(F)F)cc2Cl)CC1. The average molecular weight is 430 g/mol. The van der Waals surface area contributed by atoms with Gasteiger partial charge in [-0.25, -0.2) is 9.37 Å². The average Bonchev–Trinajstić information content (AvgIpc) is 2.68. The van der Waals surface area contributed by atoms with E-state index in [-0.39, 0.29) is 35.0 Å². The summed E-state index contributed by atoms with van der Waals surface area (Å²) in [5, 5.41) is -0.0683. The van der Waals surface area contributed by atoms with Crippen molar-refractivity contribution in [2.45, 2.75) is 25.6 Å². The molecule has 0 radical (unpaired) electrons. The third kappa shape index (κ3) is 4.98. The fourth-order valence-electron chi connectivity index (χ4n) is 3.43. The highest BCUT2D eigenvalue weighted by Crippen LogP contribution is 2.34. The van der Waals surface area contributed by atoms with Crippen molar-refractivity contribution in [1.82, 2.24) is 9.88 Å². The molecule has 1 fully saturated rings. The van der Waals surface area contributed by atoms with Crippen LogP contribution in [-0.4, -0.2) is 35.9 Å². The summed E-state index contributed by atoms with van der Waals surface area (Å²) in [4.78, 5) is 19.9. The van der Waals surface area contributed by atoms with Crippen LogP contribution in [0.4, 0.5) is 23.4 Å². The van der Waals surface area contributed by atoms with Crippen LogP contribution < -0.4 is 4.90 Å². The van der Waals surface area contributed by atoms with E-state index in [2.05, 4.69) is 4.98 Å². The molecule has 156 valence electrons. The van der Waals surface area contributed by atoms with Crippen LogP contribution >= 0.6 is 11.6 Å². The van der Waals surface area contributed by atoms with E-state index in [1.165, 1.54) is 11.0 Å². The summed E-state index contributed by atoms with van der Waals surface area (Å²) >= 11 is 6.01. The lowest BCUT2D eigenvalue weighted by molar-refractivity contribution is -0.138. The number of halogens is 5. The third-order valence-electron chi connectivity index (χ3n) is 5.03. The van der Waals surface area contributed by atoms with Gasteiger partial charge in [0.15, 0.2) is 0 Å². The number of amides is 1. The van der Waals surface area contributed by atoms with E-state index < -0.39 is 11.7 Å². The largest absolute Gasteiger partial charge is 0.417 e. The first kappa shape index (κ1) is 21.4. The number of alkyl halides is 3. The van der Waals surface area contributed by atoms with E-state index in [1.807, 2.05) is 0 Å². The van der Waals surface area contributed by atoms with Crippen LogP contribution in [-0.2, 0) is 17.5 Å². The molecule has 0 saturated carbocycles. The zero-order valence-electron chi connectivity index (χ0n) is 15.7. The second-order valence-corrected chi connectivity index (χ2v) is 7.48. The molecule has 2 aromatic rings. The zero-order chi connectivity index (χ0) is 21.2. The number of rotatable bonds is 4. The van der Waals surface area contributed by atoms with Crippen LogP contribution in [0.2, 0.25) is 5.02 Å². The summed E-state index contributed by atoms with van der Waals surface area (Å²) in [6.07, 6.45) is -2.71. The summed E-state index contributed by atoms with van der Waals surface area (Å²) in [6.45, 7) is 1.07. The standard InChI is InChI=1S/C20H20ClF4N3O/c1-27(12-14-4-2-3-5-17(14)22)19(29)13-6-8-28(9-7-13)18-16(21)10-15(11-26-18)20(23,24)25/h2-5,10-11,13H,6-9,12H2,1H3. The van der Waals surface area contributed by atoms with Crippen LogP contribution in [0.15, 0.2) is 36.5 Å². The van der Waals surface area contributed by atoms with Crippen molar-refractivity contribution >= 4 is 23.3 Å². The van der Waals surface area contributed by atoms with E-state index in [9.17, 15) is 22.4 Å². The molecule has 1 aromatic heterocycles. The van der Waals surface area contributed by atoms with Crippen LogP contribution in [0.5, 0.6) is 0 Å². The van der Waals surface area contributed by atoms with Gasteiger partial charge in [-0.2, -0.15) is 13.2 Å². The Morgan fingerprint density at radius 2 is 1.93 bits per heavy atom. The number of pyridine rings is 1. The van der Waals surface area contributed by atoms with Gasteiger partial charge in [-0.15, -0.1) is 0 Å². The molecule has 0 atom stereocenters. The number of carbonyl (C=O) groups excluding carboxylic acids is 1. The van der Waals surface area contributed by atoms with Gasteiger partial charge >= 0.3 is 6.18 Å². The molecule has 2 heterocycles. The Hall–Kier alpha value is -2.35. The van der Waals surface area contributed by atoms with Crippen LogP contribution in [0.25, 0.3) is 0 Å². The minimum Gasteiger partial charge on any atom is -0.355 e. The molecule has 1 aliphatic rings. The Bertz CT molecular complexity index is 882. The van der Waals surface area contributed by atoms with Gasteiger partial charge in [0.1, 0.15) is 11.6 Å². The van der Waals surface area contributed by atoms with E-state index >= 15 is 0 Å². The van der Waals surface area contributed by atoms with Crippen molar-refractivity contribution in [2.75, 3.05) is 25.0 Å². The monoisotopic (exact) mass is 429 g/mol. The normalized spacial score (nSPS) is 15.4. The van der Waals surface area contributed by atoms with Crippen LogP contribution in [0.3, 0.4) is 0 Å². The lowest BCUT2D eigenvalue weighted by Gasteiger charge is -2.34. The molecular weight excluding hydrogens is 410 g/mol. The Kier molecular flexibility index (Phi) is 6.31. The summed E-state index contributed by atoms with van der Waals surface area (Å²) < 4.78 is 52.1. The number of aromatic nitrogens is 1. The zero-order valence-corrected chi connectivity index (χ0v) is 16.5. The minimum atomic E-state index is -4.50. The quantitative estimate of drug-likeness (QED) is 0.657. The van der Waals surface area contributed by atoms with Crippen molar-refractivity contribution in [3.05, 3.63) is 58.5 Å². The Morgan fingerprint density at radius 1 is 1.28 bits per heavy atom. The molecule has 1 saturated heterocycles. The number of carbonyl (C=O) groups is 1. The number of nitrogens with zero attached hydrogens (tertiary/aromatic N) is 3. The smallest absolute Gasteiger partial charge is 0.355 e. The van der Waals surface area contributed by atoms with Gasteiger partial charge in [-0.05, 0) is 25.0 Å². The molecular formula is C20H20ClF4N3O. The fraction of sp³-hybridized carbons (Fsp3) is 0.400. The van der Waals surface area contributed by atoms with Gasteiger partial charge in [-0.3, -0.25) is 4.79 Å². The maximum Gasteiger partial charge on any atom is 0.417 e.